The summed E-state index contributed by atoms with van der Waals surface area (Å²) in [5.41, 5.74) is -0.139. The maximum absolute atomic E-state index is 11.9. The molecular weight excluding hydrogens is 246 g/mol. The van der Waals surface area contributed by atoms with Crippen LogP contribution in [0.1, 0.15) is 5.82 Å². The highest BCUT2D eigenvalue weighted by molar-refractivity contribution is 5.40. The third-order valence-electron chi connectivity index (χ3n) is 3.20. The predicted molar refractivity (Wildman–Crippen MR) is 68.6 cm³/mol. The van der Waals surface area contributed by atoms with Gasteiger partial charge in [0, 0.05) is 7.05 Å². The van der Waals surface area contributed by atoms with E-state index in [0.717, 1.165) is 5.75 Å². The molecule has 0 saturated carbocycles. The van der Waals surface area contributed by atoms with Crippen LogP contribution >= 0.6 is 0 Å². The van der Waals surface area contributed by atoms with Gasteiger partial charge in [0.2, 0.25) is 0 Å². The SMILES string of the molecule is Cc1nn(CC2COc3ccccc3O2)c(=O)n1C. The van der Waals surface area contributed by atoms with Crippen LogP contribution in [-0.2, 0) is 13.6 Å². The Morgan fingerprint density at radius 3 is 2.79 bits per heavy atom. The highest BCUT2D eigenvalue weighted by Crippen LogP contribution is 2.30. The minimum Gasteiger partial charge on any atom is -0.486 e. The number of nitrogens with zero attached hydrogens (tertiary/aromatic N) is 3. The molecule has 0 radical (unpaired) electrons. The fraction of sp³-hybridized carbons (Fsp3) is 0.385. The number of fused-ring (bicyclic) bond motifs is 1. The van der Waals surface area contributed by atoms with E-state index >= 15 is 0 Å². The van der Waals surface area contributed by atoms with Crippen LogP contribution < -0.4 is 15.2 Å². The lowest BCUT2D eigenvalue weighted by Gasteiger charge is -2.25. The van der Waals surface area contributed by atoms with Crippen LogP contribution in [0.4, 0.5) is 0 Å². The van der Waals surface area contributed by atoms with E-state index in [1.54, 1.807) is 14.0 Å². The van der Waals surface area contributed by atoms with E-state index < -0.39 is 0 Å². The molecule has 1 aliphatic rings. The van der Waals surface area contributed by atoms with Crippen LogP contribution in [0.15, 0.2) is 29.1 Å². The molecule has 0 spiro atoms. The monoisotopic (exact) mass is 261 g/mol. The number of hydrogen-bond donors (Lipinski definition) is 0. The second-order valence-corrected chi connectivity index (χ2v) is 4.57. The van der Waals surface area contributed by atoms with Gasteiger partial charge in [0.15, 0.2) is 17.6 Å². The van der Waals surface area contributed by atoms with Crippen molar-refractivity contribution in [2.45, 2.75) is 19.6 Å². The minimum atomic E-state index is -0.207. The number of rotatable bonds is 2. The van der Waals surface area contributed by atoms with Crippen LogP contribution in [0, 0.1) is 6.92 Å². The van der Waals surface area contributed by atoms with Gasteiger partial charge < -0.3 is 9.47 Å². The van der Waals surface area contributed by atoms with Crippen molar-refractivity contribution in [3.63, 3.8) is 0 Å². The molecule has 6 heteroatoms. The third-order valence-corrected chi connectivity index (χ3v) is 3.20. The molecule has 19 heavy (non-hydrogen) atoms. The fourth-order valence-corrected chi connectivity index (χ4v) is 2.06. The molecule has 3 rings (SSSR count). The molecule has 0 amide bonds. The Labute approximate surface area is 110 Å². The molecule has 0 fully saturated rings. The number of aromatic nitrogens is 3. The smallest absolute Gasteiger partial charge is 0.345 e. The molecule has 0 N–H and O–H groups in total. The maximum atomic E-state index is 11.9. The summed E-state index contributed by atoms with van der Waals surface area (Å²) in [5.74, 6) is 2.13. The summed E-state index contributed by atoms with van der Waals surface area (Å²) in [6.45, 7) is 2.60. The van der Waals surface area contributed by atoms with Crippen molar-refractivity contribution in [1.82, 2.24) is 14.3 Å². The van der Waals surface area contributed by atoms with E-state index in [9.17, 15) is 4.79 Å². The first kappa shape index (κ1) is 11.8. The molecule has 1 aromatic carbocycles. The van der Waals surface area contributed by atoms with Gasteiger partial charge in [0.1, 0.15) is 12.4 Å². The van der Waals surface area contributed by atoms with Crippen molar-refractivity contribution in [3.05, 3.63) is 40.6 Å². The quantitative estimate of drug-likeness (QED) is 0.799. The zero-order valence-electron chi connectivity index (χ0n) is 10.9. The van der Waals surface area contributed by atoms with Crippen LogP contribution in [0.5, 0.6) is 11.5 Å². The van der Waals surface area contributed by atoms with E-state index in [2.05, 4.69) is 5.10 Å². The van der Waals surface area contributed by atoms with Gasteiger partial charge in [-0.15, -0.1) is 0 Å². The molecule has 0 aliphatic carbocycles. The van der Waals surface area contributed by atoms with Gasteiger partial charge in [-0.05, 0) is 19.1 Å². The summed E-state index contributed by atoms with van der Waals surface area (Å²) < 4.78 is 14.3. The number of para-hydroxylation sites is 2. The highest BCUT2D eigenvalue weighted by atomic mass is 16.6. The Balaban J connectivity index is 1.79. The average molecular weight is 261 g/mol. The summed E-state index contributed by atoms with van der Waals surface area (Å²) in [6.07, 6.45) is -0.207. The van der Waals surface area contributed by atoms with E-state index in [1.165, 1.54) is 9.25 Å². The Bertz CT molecular complexity index is 659. The van der Waals surface area contributed by atoms with E-state index in [4.69, 9.17) is 9.47 Å². The summed E-state index contributed by atoms with van der Waals surface area (Å²) in [5, 5.41) is 4.19. The number of aryl methyl sites for hydroxylation is 1. The molecule has 1 aromatic heterocycles. The van der Waals surface area contributed by atoms with Gasteiger partial charge in [-0.2, -0.15) is 5.10 Å². The molecule has 1 unspecified atom stereocenters. The molecule has 0 saturated heterocycles. The van der Waals surface area contributed by atoms with Crippen molar-refractivity contribution < 1.29 is 9.47 Å². The van der Waals surface area contributed by atoms with Crippen molar-refractivity contribution in [2.75, 3.05) is 6.61 Å². The molecule has 0 bridgehead atoms. The Kier molecular flexibility index (Phi) is 2.77. The van der Waals surface area contributed by atoms with Gasteiger partial charge in [0.05, 0.1) is 6.54 Å². The topological polar surface area (TPSA) is 58.3 Å². The Hall–Kier alpha value is -2.24. The molecule has 2 aromatic rings. The summed E-state index contributed by atoms with van der Waals surface area (Å²) >= 11 is 0. The first-order valence-corrected chi connectivity index (χ1v) is 6.14. The second-order valence-electron chi connectivity index (χ2n) is 4.57. The summed E-state index contributed by atoms with van der Waals surface area (Å²) in [4.78, 5) is 11.9. The Morgan fingerprint density at radius 1 is 1.37 bits per heavy atom. The standard InChI is InChI=1S/C13H15N3O3/c1-9-14-16(13(17)15(9)2)7-10-8-18-11-5-3-4-6-12(11)19-10/h3-6,10H,7-8H2,1-2H3. The van der Waals surface area contributed by atoms with E-state index in [1.807, 2.05) is 24.3 Å². The third kappa shape index (κ3) is 2.09. The molecule has 100 valence electrons. The second kappa shape index (κ2) is 4.46. The lowest BCUT2D eigenvalue weighted by atomic mass is 10.2. The largest absolute Gasteiger partial charge is 0.486 e. The van der Waals surface area contributed by atoms with Crippen molar-refractivity contribution in [1.29, 1.82) is 0 Å². The lowest BCUT2D eigenvalue weighted by Crippen LogP contribution is -2.37. The maximum Gasteiger partial charge on any atom is 0.345 e. The van der Waals surface area contributed by atoms with Crippen LogP contribution in [0.25, 0.3) is 0 Å². The summed E-state index contributed by atoms with van der Waals surface area (Å²) in [7, 11) is 1.70. The first-order valence-electron chi connectivity index (χ1n) is 6.14. The predicted octanol–water partition coefficient (Wildman–Crippen LogP) is 0.730. The van der Waals surface area contributed by atoms with Gasteiger partial charge in [-0.1, -0.05) is 12.1 Å². The molecule has 1 aliphatic heterocycles. The normalized spacial score (nSPS) is 17.5. The van der Waals surface area contributed by atoms with Crippen LogP contribution in [0.2, 0.25) is 0 Å². The van der Waals surface area contributed by atoms with Crippen LogP contribution in [-0.4, -0.2) is 27.1 Å². The summed E-state index contributed by atoms with van der Waals surface area (Å²) in [6, 6.07) is 7.51. The number of ether oxygens (including phenoxy) is 2. The minimum absolute atomic E-state index is 0.139. The van der Waals surface area contributed by atoms with Crippen molar-refractivity contribution >= 4 is 0 Å². The van der Waals surface area contributed by atoms with Gasteiger partial charge in [0.25, 0.3) is 0 Å². The fourth-order valence-electron chi connectivity index (χ4n) is 2.06. The van der Waals surface area contributed by atoms with E-state index in [0.29, 0.717) is 24.7 Å². The molecule has 2 heterocycles. The van der Waals surface area contributed by atoms with Gasteiger partial charge in [-0.3, -0.25) is 4.57 Å². The molecule has 6 nitrogen and oxygen atoms in total. The van der Waals surface area contributed by atoms with E-state index in [-0.39, 0.29) is 11.8 Å². The number of hydrogen-bond acceptors (Lipinski definition) is 4. The zero-order chi connectivity index (χ0) is 13.4. The molecule has 1 atom stereocenters. The number of benzene rings is 1. The van der Waals surface area contributed by atoms with Crippen molar-refractivity contribution in [3.8, 4) is 11.5 Å². The lowest BCUT2D eigenvalue weighted by molar-refractivity contribution is 0.0749. The van der Waals surface area contributed by atoms with Crippen LogP contribution in [0.3, 0.4) is 0 Å². The van der Waals surface area contributed by atoms with Gasteiger partial charge in [-0.25, -0.2) is 9.48 Å². The molecular formula is C13H15N3O3. The van der Waals surface area contributed by atoms with Crippen molar-refractivity contribution in [2.24, 2.45) is 7.05 Å². The zero-order valence-corrected chi connectivity index (χ0v) is 10.9. The average Bonchev–Trinajstić information content (AvgIpc) is 2.66. The van der Waals surface area contributed by atoms with Gasteiger partial charge >= 0.3 is 5.69 Å². The Morgan fingerprint density at radius 2 is 2.11 bits per heavy atom. The highest BCUT2D eigenvalue weighted by Gasteiger charge is 2.22. The first-order chi connectivity index (χ1) is 9.15.